The zero-order valence-electron chi connectivity index (χ0n) is 14.3. The average Bonchev–Trinajstić information content (AvgIpc) is 3.33. The number of hydrogen-bond acceptors (Lipinski definition) is 6. The number of ketones is 1. The molecule has 0 aliphatic carbocycles. The number of furan rings is 1. The highest BCUT2D eigenvalue weighted by atomic mass is 16.5. The van der Waals surface area contributed by atoms with E-state index in [1.165, 1.54) is 6.07 Å². The van der Waals surface area contributed by atoms with Crippen LogP contribution in [0.15, 0.2) is 59.3 Å². The first-order valence-electron chi connectivity index (χ1n) is 8.15. The first-order valence-corrected chi connectivity index (χ1v) is 8.15. The van der Waals surface area contributed by atoms with Gasteiger partial charge in [-0.25, -0.2) is 4.79 Å². The lowest BCUT2D eigenvalue weighted by atomic mass is 10.1. The third-order valence-electron chi connectivity index (χ3n) is 3.56. The van der Waals surface area contributed by atoms with E-state index < -0.39 is 5.97 Å². The van der Waals surface area contributed by atoms with E-state index >= 15 is 0 Å². The summed E-state index contributed by atoms with van der Waals surface area (Å²) in [6.07, 6.45) is 3.45. The van der Waals surface area contributed by atoms with Crippen molar-refractivity contribution in [3.8, 4) is 5.75 Å². The molecule has 134 valence electrons. The van der Waals surface area contributed by atoms with Gasteiger partial charge in [0, 0.05) is 18.0 Å². The van der Waals surface area contributed by atoms with Crippen LogP contribution in [0.1, 0.15) is 33.6 Å². The summed E-state index contributed by atoms with van der Waals surface area (Å²) in [5.74, 6) is 0.312. The minimum Gasteiger partial charge on any atom is -0.494 e. The van der Waals surface area contributed by atoms with Gasteiger partial charge in [-0.05, 0) is 49.4 Å². The number of ether oxygens (including phenoxy) is 2. The second kappa shape index (κ2) is 8.15. The Morgan fingerprint density at radius 1 is 1.15 bits per heavy atom. The molecule has 3 rings (SSSR count). The maximum absolute atomic E-state index is 12.1. The lowest BCUT2D eigenvalue weighted by Gasteiger charge is -2.05. The van der Waals surface area contributed by atoms with Crippen LogP contribution in [0.25, 0.3) is 0 Å². The van der Waals surface area contributed by atoms with Crippen LogP contribution in [0.4, 0.5) is 0 Å². The van der Waals surface area contributed by atoms with Crippen molar-refractivity contribution >= 4 is 11.8 Å². The Bertz CT molecular complexity index is 866. The lowest BCUT2D eigenvalue weighted by Crippen LogP contribution is -2.13. The number of rotatable bonds is 8. The zero-order chi connectivity index (χ0) is 18.4. The highest BCUT2D eigenvalue weighted by molar-refractivity contribution is 5.99. The number of nitrogens with zero attached hydrogens (tertiary/aromatic N) is 2. The average molecular weight is 354 g/mol. The molecule has 0 spiro atoms. The summed E-state index contributed by atoms with van der Waals surface area (Å²) in [5, 5.41) is 4.06. The number of benzene rings is 1. The van der Waals surface area contributed by atoms with E-state index in [0.29, 0.717) is 30.2 Å². The monoisotopic (exact) mass is 354 g/mol. The van der Waals surface area contributed by atoms with Crippen LogP contribution in [0, 0.1) is 0 Å². The smallest absolute Gasteiger partial charge is 0.374 e. The van der Waals surface area contributed by atoms with E-state index in [1.807, 2.05) is 6.92 Å². The molecule has 0 amide bonds. The van der Waals surface area contributed by atoms with Crippen molar-refractivity contribution in [3.63, 3.8) is 0 Å². The molecule has 0 aliphatic rings. The van der Waals surface area contributed by atoms with Crippen LogP contribution in [0.3, 0.4) is 0 Å². The van der Waals surface area contributed by atoms with Gasteiger partial charge in [-0.3, -0.25) is 9.48 Å². The van der Waals surface area contributed by atoms with Crippen LogP contribution < -0.4 is 4.74 Å². The molecule has 0 unspecified atom stereocenters. The molecule has 26 heavy (non-hydrogen) atoms. The molecule has 0 N–H and O–H groups in total. The highest BCUT2D eigenvalue weighted by Gasteiger charge is 2.16. The second-order valence-corrected chi connectivity index (χ2v) is 5.43. The molecule has 0 atom stereocenters. The number of aromatic nitrogens is 2. The van der Waals surface area contributed by atoms with Crippen molar-refractivity contribution in [1.82, 2.24) is 9.78 Å². The van der Waals surface area contributed by atoms with E-state index in [-0.39, 0.29) is 18.2 Å². The van der Waals surface area contributed by atoms with Gasteiger partial charge in [-0.15, -0.1) is 0 Å². The molecular formula is C19H18N2O5. The number of Topliss-reactive ketones (excluding diaryl/α,β-unsaturated/α-hetero) is 1. The molecule has 0 aliphatic heterocycles. The van der Waals surface area contributed by atoms with Crippen molar-refractivity contribution in [2.75, 3.05) is 13.2 Å². The molecule has 0 saturated carbocycles. The fourth-order valence-electron chi connectivity index (χ4n) is 2.32. The van der Waals surface area contributed by atoms with Gasteiger partial charge in [0.1, 0.15) is 11.5 Å². The standard InChI is InChI=1S/C19H18N2O5/c1-2-24-15-6-4-14(5-7-15)17(22)13-25-19(23)18-9-8-16(26-18)12-21-11-3-10-20-21/h3-11H,2,12-13H2,1H3. The van der Waals surface area contributed by atoms with E-state index in [2.05, 4.69) is 5.10 Å². The van der Waals surface area contributed by atoms with Gasteiger partial charge in [-0.2, -0.15) is 5.10 Å². The lowest BCUT2D eigenvalue weighted by molar-refractivity contribution is 0.0442. The summed E-state index contributed by atoms with van der Waals surface area (Å²) in [7, 11) is 0. The largest absolute Gasteiger partial charge is 0.494 e. The Kier molecular flexibility index (Phi) is 5.48. The second-order valence-electron chi connectivity index (χ2n) is 5.43. The number of carbonyl (C=O) groups excluding carboxylic acids is 2. The maximum Gasteiger partial charge on any atom is 0.374 e. The minimum absolute atomic E-state index is 0.0478. The topological polar surface area (TPSA) is 83.6 Å². The predicted molar refractivity (Wildman–Crippen MR) is 92.3 cm³/mol. The van der Waals surface area contributed by atoms with E-state index in [9.17, 15) is 9.59 Å². The fraction of sp³-hybridized carbons (Fsp3) is 0.211. The van der Waals surface area contributed by atoms with Gasteiger partial charge in [-0.1, -0.05) is 0 Å². The SMILES string of the molecule is CCOc1ccc(C(=O)COC(=O)c2ccc(Cn3cccn3)o2)cc1. The zero-order valence-corrected chi connectivity index (χ0v) is 14.3. The Balaban J connectivity index is 1.53. The quantitative estimate of drug-likeness (QED) is 0.457. The molecule has 1 aromatic carbocycles. The first kappa shape index (κ1) is 17.5. The minimum atomic E-state index is -0.684. The van der Waals surface area contributed by atoms with Gasteiger partial charge in [0.05, 0.1) is 13.2 Å². The van der Waals surface area contributed by atoms with E-state index in [1.54, 1.807) is 53.5 Å². The Labute approximate surface area is 150 Å². The van der Waals surface area contributed by atoms with E-state index in [4.69, 9.17) is 13.9 Å². The maximum atomic E-state index is 12.1. The first-order chi connectivity index (χ1) is 12.7. The van der Waals surface area contributed by atoms with Crippen molar-refractivity contribution in [1.29, 1.82) is 0 Å². The van der Waals surface area contributed by atoms with Gasteiger partial charge in [0.2, 0.25) is 5.76 Å². The van der Waals surface area contributed by atoms with Crippen LogP contribution in [0.2, 0.25) is 0 Å². The number of hydrogen-bond donors (Lipinski definition) is 0. The Hall–Kier alpha value is -3.35. The van der Waals surface area contributed by atoms with Gasteiger partial charge in [0.15, 0.2) is 12.4 Å². The molecule has 0 radical (unpaired) electrons. The van der Waals surface area contributed by atoms with Gasteiger partial charge < -0.3 is 13.9 Å². The molecule has 0 fully saturated rings. The van der Waals surface area contributed by atoms with Crippen molar-refractivity contribution in [2.24, 2.45) is 0 Å². The normalized spacial score (nSPS) is 10.5. The predicted octanol–water partition coefficient (Wildman–Crippen LogP) is 2.96. The Morgan fingerprint density at radius 2 is 1.96 bits per heavy atom. The highest BCUT2D eigenvalue weighted by Crippen LogP contribution is 2.14. The third kappa shape index (κ3) is 4.38. The molecule has 3 aromatic rings. The van der Waals surface area contributed by atoms with Gasteiger partial charge in [0.25, 0.3) is 0 Å². The third-order valence-corrected chi connectivity index (χ3v) is 3.56. The molecule has 0 saturated heterocycles. The fourth-order valence-corrected chi connectivity index (χ4v) is 2.32. The van der Waals surface area contributed by atoms with Crippen molar-refractivity contribution in [2.45, 2.75) is 13.5 Å². The van der Waals surface area contributed by atoms with Crippen LogP contribution in [-0.2, 0) is 11.3 Å². The van der Waals surface area contributed by atoms with Crippen LogP contribution in [0.5, 0.6) is 5.75 Å². The summed E-state index contributed by atoms with van der Waals surface area (Å²) in [5.41, 5.74) is 0.445. The summed E-state index contributed by atoms with van der Waals surface area (Å²) >= 11 is 0. The van der Waals surface area contributed by atoms with Crippen molar-refractivity contribution in [3.05, 3.63) is 71.9 Å². The molecule has 7 heteroatoms. The van der Waals surface area contributed by atoms with Crippen molar-refractivity contribution < 1.29 is 23.5 Å². The Morgan fingerprint density at radius 3 is 2.65 bits per heavy atom. The number of esters is 1. The summed E-state index contributed by atoms with van der Waals surface area (Å²) in [4.78, 5) is 24.1. The molecule has 2 aromatic heterocycles. The van der Waals surface area contributed by atoms with Gasteiger partial charge >= 0.3 is 5.97 Å². The molecule has 7 nitrogen and oxygen atoms in total. The summed E-state index contributed by atoms with van der Waals surface area (Å²) < 4.78 is 17.5. The molecule has 2 heterocycles. The summed E-state index contributed by atoms with van der Waals surface area (Å²) in [6, 6.07) is 11.7. The van der Waals surface area contributed by atoms with E-state index in [0.717, 1.165) is 0 Å². The van der Waals surface area contributed by atoms with Crippen LogP contribution in [-0.4, -0.2) is 34.7 Å². The number of carbonyl (C=O) groups is 2. The molecule has 0 bridgehead atoms. The molecular weight excluding hydrogens is 336 g/mol. The van der Waals surface area contributed by atoms with Crippen LogP contribution >= 0.6 is 0 Å². The summed E-state index contributed by atoms with van der Waals surface area (Å²) in [6.45, 7) is 2.48.